The number of anilines is 1. The van der Waals surface area contributed by atoms with Gasteiger partial charge in [-0.2, -0.15) is 0 Å². The number of nitrogens with zero attached hydrogens (tertiary/aromatic N) is 1. The number of fused-ring (bicyclic) bond motifs is 1. The molecule has 1 fully saturated rings. The van der Waals surface area contributed by atoms with Crippen molar-refractivity contribution in [1.29, 1.82) is 0 Å². The molecule has 9 heteroatoms. The summed E-state index contributed by atoms with van der Waals surface area (Å²) in [5.41, 5.74) is 0.358. The lowest BCUT2D eigenvalue weighted by Crippen LogP contribution is -2.49. The third-order valence-corrected chi connectivity index (χ3v) is 5.64. The fourth-order valence-electron chi connectivity index (χ4n) is 3.15. The Balaban J connectivity index is 1.78. The second-order valence-electron chi connectivity index (χ2n) is 6.44. The van der Waals surface area contributed by atoms with Crippen molar-refractivity contribution in [3.05, 3.63) is 18.2 Å². The van der Waals surface area contributed by atoms with Gasteiger partial charge in [-0.05, 0) is 31.9 Å². The number of hydrogen-bond donors (Lipinski definition) is 1. The van der Waals surface area contributed by atoms with Gasteiger partial charge in [-0.3, -0.25) is 9.10 Å². The SMILES string of the molecule is C[C@H](C(=O)NC[C@H]1CCCO1)N(c1ccc2c(c1)OCCO2)S(C)(=O)=O. The summed E-state index contributed by atoms with van der Waals surface area (Å²) in [5.74, 6) is 0.652. The van der Waals surface area contributed by atoms with Crippen molar-refractivity contribution in [3.63, 3.8) is 0 Å². The summed E-state index contributed by atoms with van der Waals surface area (Å²) >= 11 is 0. The molecule has 0 unspecified atom stereocenters. The molecule has 1 amide bonds. The summed E-state index contributed by atoms with van der Waals surface area (Å²) < 4.78 is 42.3. The second-order valence-corrected chi connectivity index (χ2v) is 8.30. The average molecular weight is 384 g/mol. The highest BCUT2D eigenvalue weighted by Crippen LogP contribution is 2.35. The van der Waals surface area contributed by atoms with Crippen LogP contribution in [0.15, 0.2) is 18.2 Å². The van der Waals surface area contributed by atoms with Crippen LogP contribution >= 0.6 is 0 Å². The van der Waals surface area contributed by atoms with Gasteiger partial charge >= 0.3 is 0 Å². The Kier molecular flexibility index (Phi) is 5.57. The first-order valence-corrected chi connectivity index (χ1v) is 10.5. The third kappa shape index (κ3) is 4.21. The van der Waals surface area contributed by atoms with Gasteiger partial charge in [0.1, 0.15) is 19.3 Å². The first-order valence-electron chi connectivity index (χ1n) is 8.64. The maximum Gasteiger partial charge on any atom is 0.243 e. The predicted molar refractivity (Wildman–Crippen MR) is 96.2 cm³/mol. The maximum absolute atomic E-state index is 12.5. The molecule has 0 radical (unpaired) electrons. The number of nitrogens with one attached hydrogen (secondary N) is 1. The fourth-order valence-corrected chi connectivity index (χ4v) is 4.31. The van der Waals surface area contributed by atoms with Crippen molar-refractivity contribution in [2.24, 2.45) is 0 Å². The van der Waals surface area contributed by atoms with E-state index in [1.807, 2.05) is 0 Å². The number of amides is 1. The molecule has 2 atom stereocenters. The Morgan fingerprint density at radius 3 is 2.65 bits per heavy atom. The van der Waals surface area contributed by atoms with Crippen LogP contribution in [0.5, 0.6) is 11.5 Å². The number of sulfonamides is 1. The highest BCUT2D eigenvalue weighted by molar-refractivity contribution is 7.92. The first kappa shape index (κ1) is 18.8. The lowest BCUT2D eigenvalue weighted by molar-refractivity contribution is -0.122. The van der Waals surface area contributed by atoms with Crippen LogP contribution in [0.4, 0.5) is 5.69 Å². The van der Waals surface area contributed by atoms with E-state index < -0.39 is 16.1 Å². The molecular weight excluding hydrogens is 360 g/mol. The van der Waals surface area contributed by atoms with Crippen molar-refractivity contribution >= 4 is 21.6 Å². The van der Waals surface area contributed by atoms with E-state index in [0.717, 1.165) is 23.4 Å². The van der Waals surface area contributed by atoms with Gasteiger partial charge in [0.05, 0.1) is 18.0 Å². The zero-order valence-corrected chi connectivity index (χ0v) is 15.8. The smallest absolute Gasteiger partial charge is 0.243 e. The van der Waals surface area contributed by atoms with Crippen molar-refractivity contribution in [1.82, 2.24) is 5.32 Å². The molecule has 144 valence electrons. The monoisotopic (exact) mass is 384 g/mol. The Labute approximate surface area is 153 Å². The largest absolute Gasteiger partial charge is 0.486 e. The quantitative estimate of drug-likeness (QED) is 0.783. The molecule has 2 aliphatic rings. The Morgan fingerprint density at radius 1 is 1.27 bits per heavy atom. The summed E-state index contributed by atoms with van der Waals surface area (Å²) in [5, 5.41) is 2.78. The second kappa shape index (κ2) is 7.71. The Bertz CT molecular complexity index is 761. The highest BCUT2D eigenvalue weighted by atomic mass is 32.2. The van der Waals surface area contributed by atoms with Crippen molar-refractivity contribution in [2.45, 2.75) is 31.9 Å². The van der Waals surface area contributed by atoms with E-state index in [9.17, 15) is 13.2 Å². The summed E-state index contributed by atoms with van der Waals surface area (Å²) in [6.45, 7) is 3.48. The summed E-state index contributed by atoms with van der Waals surface area (Å²) in [4.78, 5) is 12.5. The number of hydrogen-bond acceptors (Lipinski definition) is 6. The molecule has 8 nitrogen and oxygen atoms in total. The van der Waals surface area contributed by atoms with Crippen molar-refractivity contribution in [3.8, 4) is 11.5 Å². The topological polar surface area (TPSA) is 94.2 Å². The van der Waals surface area contributed by atoms with Gasteiger partial charge in [0, 0.05) is 19.2 Å². The van der Waals surface area contributed by atoms with Gasteiger partial charge in [0.25, 0.3) is 0 Å². The van der Waals surface area contributed by atoms with Crippen LogP contribution in [0.1, 0.15) is 19.8 Å². The van der Waals surface area contributed by atoms with Crippen LogP contribution in [0, 0.1) is 0 Å². The van der Waals surface area contributed by atoms with E-state index in [1.54, 1.807) is 25.1 Å². The van der Waals surface area contributed by atoms with Gasteiger partial charge in [0.2, 0.25) is 15.9 Å². The van der Waals surface area contributed by atoms with Crippen LogP contribution in [0.25, 0.3) is 0 Å². The van der Waals surface area contributed by atoms with E-state index in [-0.39, 0.29) is 12.0 Å². The minimum Gasteiger partial charge on any atom is -0.486 e. The number of carbonyl (C=O) groups excluding carboxylic acids is 1. The molecule has 1 aromatic rings. The molecule has 1 aromatic carbocycles. The highest BCUT2D eigenvalue weighted by Gasteiger charge is 2.30. The number of benzene rings is 1. The molecule has 0 bridgehead atoms. The van der Waals surface area contributed by atoms with Crippen LogP contribution in [-0.2, 0) is 19.6 Å². The fraction of sp³-hybridized carbons (Fsp3) is 0.588. The Morgan fingerprint density at radius 2 is 2.00 bits per heavy atom. The molecule has 1 saturated heterocycles. The molecule has 3 rings (SSSR count). The first-order chi connectivity index (χ1) is 12.4. The van der Waals surface area contributed by atoms with Gasteiger partial charge < -0.3 is 19.5 Å². The van der Waals surface area contributed by atoms with E-state index in [2.05, 4.69) is 5.32 Å². The molecule has 0 spiro atoms. The van der Waals surface area contributed by atoms with Crippen LogP contribution in [0.2, 0.25) is 0 Å². The van der Waals surface area contributed by atoms with Gasteiger partial charge in [-0.15, -0.1) is 0 Å². The molecule has 26 heavy (non-hydrogen) atoms. The molecule has 1 N–H and O–H groups in total. The lowest BCUT2D eigenvalue weighted by Gasteiger charge is -2.29. The summed E-state index contributed by atoms with van der Waals surface area (Å²) in [7, 11) is -3.68. The van der Waals surface area contributed by atoms with E-state index >= 15 is 0 Å². The molecule has 0 aliphatic carbocycles. The minimum atomic E-state index is -3.68. The van der Waals surface area contributed by atoms with Gasteiger partial charge in [-0.25, -0.2) is 8.42 Å². The molecule has 2 heterocycles. The van der Waals surface area contributed by atoms with Crippen molar-refractivity contribution < 1.29 is 27.4 Å². The average Bonchev–Trinajstić information content (AvgIpc) is 3.12. The molecule has 0 saturated carbocycles. The summed E-state index contributed by atoms with van der Waals surface area (Å²) in [6.07, 6.45) is 2.94. The molecule has 2 aliphatic heterocycles. The zero-order chi connectivity index (χ0) is 18.7. The maximum atomic E-state index is 12.5. The van der Waals surface area contributed by atoms with Gasteiger partial charge in [0.15, 0.2) is 11.5 Å². The van der Waals surface area contributed by atoms with Crippen LogP contribution in [0.3, 0.4) is 0 Å². The van der Waals surface area contributed by atoms with E-state index in [1.165, 1.54) is 0 Å². The normalized spacial score (nSPS) is 20.5. The number of carbonyl (C=O) groups is 1. The summed E-state index contributed by atoms with van der Waals surface area (Å²) in [6, 6.07) is 3.94. The van der Waals surface area contributed by atoms with E-state index in [4.69, 9.17) is 14.2 Å². The third-order valence-electron chi connectivity index (χ3n) is 4.40. The number of rotatable bonds is 6. The number of ether oxygens (including phenoxy) is 3. The standard InChI is InChI=1S/C17H24N2O6S/c1-12(17(20)18-11-14-4-3-7-23-14)19(26(2,21)22)13-5-6-15-16(10-13)25-9-8-24-15/h5-6,10,12,14H,3-4,7-9,11H2,1-2H3,(H,18,20)/t12-,14-/m1/s1. The van der Waals surface area contributed by atoms with Crippen LogP contribution < -0.4 is 19.1 Å². The molecular formula is C17H24N2O6S. The zero-order valence-electron chi connectivity index (χ0n) is 14.9. The van der Waals surface area contributed by atoms with Gasteiger partial charge in [-0.1, -0.05) is 0 Å². The van der Waals surface area contributed by atoms with Crippen molar-refractivity contribution in [2.75, 3.05) is 36.9 Å². The minimum absolute atomic E-state index is 0.00729. The Hall–Kier alpha value is -2.00. The molecule has 0 aromatic heterocycles. The lowest BCUT2D eigenvalue weighted by atomic mass is 10.2. The predicted octanol–water partition coefficient (Wildman–Crippen LogP) is 0.907. The van der Waals surface area contributed by atoms with Crippen LogP contribution in [-0.4, -0.2) is 59.1 Å². The van der Waals surface area contributed by atoms with E-state index in [0.29, 0.717) is 43.6 Å².